The van der Waals surface area contributed by atoms with Crippen LogP contribution in [0, 0.1) is 5.92 Å². The van der Waals surface area contributed by atoms with Crippen molar-refractivity contribution >= 4 is 37.0 Å². The number of amides is 3. The first-order valence-corrected chi connectivity index (χ1v) is 5.19. The molecule has 1 rings (SSSR count). The van der Waals surface area contributed by atoms with Gasteiger partial charge in [0.05, 0.1) is 5.92 Å². The maximum atomic E-state index is 11.5. The molecular weight excluding hydrogens is 222 g/mol. The fourth-order valence-corrected chi connectivity index (χ4v) is 2.18. The number of hydrogen-bond donors (Lipinski definition) is 0. The lowest BCUT2D eigenvalue weighted by Gasteiger charge is -2.33. The molecule has 0 aromatic heterocycles. The van der Waals surface area contributed by atoms with Crippen LogP contribution in [0.5, 0.6) is 0 Å². The van der Waals surface area contributed by atoms with Gasteiger partial charge < -0.3 is 9.46 Å². The first-order valence-electron chi connectivity index (χ1n) is 4.16. The van der Waals surface area contributed by atoms with E-state index in [2.05, 4.69) is 18.8 Å². The summed E-state index contributed by atoms with van der Waals surface area (Å²) in [6.07, 6.45) is 1.62. The molecule has 78 valence electrons. The summed E-state index contributed by atoms with van der Waals surface area (Å²) in [4.78, 5) is 33.0. The second-order valence-corrected chi connectivity index (χ2v) is 4.22. The third-order valence-corrected chi connectivity index (χ3v) is 3.00. The summed E-state index contributed by atoms with van der Waals surface area (Å²) in [7, 11) is 4.35. The van der Waals surface area contributed by atoms with E-state index in [1.165, 1.54) is 4.67 Å². The van der Waals surface area contributed by atoms with E-state index in [-0.39, 0.29) is 17.9 Å². The molecule has 0 bridgehead atoms. The summed E-state index contributed by atoms with van der Waals surface area (Å²) < 4.78 is 2.40. The van der Waals surface area contributed by atoms with Crippen molar-refractivity contribution in [2.45, 2.75) is 12.8 Å². The number of urea groups is 1. The zero-order valence-corrected chi connectivity index (χ0v) is 9.86. The van der Waals surface area contributed by atoms with Gasteiger partial charge in [-0.05, 0) is 25.2 Å². The van der Waals surface area contributed by atoms with Crippen molar-refractivity contribution in [1.29, 1.82) is 0 Å². The molecule has 1 fully saturated rings. The summed E-state index contributed by atoms with van der Waals surface area (Å²) in [5.74, 6) is -0.506. The Bertz CT molecular complexity index is 272. The van der Waals surface area contributed by atoms with E-state index in [4.69, 9.17) is 0 Å². The minimum Gasteiger partial charge on any atom is -0.308 e. The molecule has 0 saturated carbocycles. The highest BCUT2D eigenvalue weighted by Crippen LogP contribution is 2.24. The minimum atomic E-state index is -0.354. The molecule has 1 heterocycles. The van der Waals surface area contributed by atoms with Crippen molar-refractivity contribution in [2.75, 3.05) is 6.54 Å². The highest BCUT2D eigenvalue weighted by molar-refractivity contribution is 7.18. The van der Waals surface area contributed by atoms with Crippen molar-refractivity contribution in [1.82, 2.24) is 9.34 Å². The number of aldehydes is 1. The summed E-state index contributed by atoms with van der Waals surface area (Å²) in [6, 6.07) is -0.354. The van der Waals surface area contributed by atoms with Crippen LogP contribution in [-0.4, -0.2) is 34.1 Å². The van der Waals surface area contributed by atoms with Crippen LogP contribution in [0.3, 0.4) is 0 Å². The largest absolute Gasteiger partial charge is 0.332 e. The van der Waals surface area contributed by atoms with Crippen LogP contribution in [0.2, 0.25) is 0 Å². The van der Waals surface area contributed by atoms with Gasteiger partial charge in [0.25, 0.3) is 0 Å². The van der Waals surface area contributed by atoms with Crippen molar-refractivity contribution < 1.29 is 14.4 Å². The van der Waals surface area contributed by atoms with E-state index < -0.39 is 0 Å². The molecule has 2 unspecified atom stereocenters. The Morgan fingerprint density at radius 1 is 1.43 bits per heavy atom. The minimum absolute atomic E-state index is 0.236. The molecule has 5 nitrogen and oxygen atoms in total. The Labute approximate surface area is 86.7 Å². The van der Waals surface area contributed by atoms with Crippen molar-refractivity contribution in [3.8, 4) is 0 Å². The summed E-state index contributed by atoms with van der Waals surface area (Å²) >= 11 is 0. The second kappa shape index (κ2) is 4.81. The quantitative estimate of drug-likeness (QED) is 0.525. The molecule has 0 spiro atoms. The number of hydrogen-bond acceptors (Lipinski definition) is 3. The lowest BCUT2D eigenvalue weighted by atomic mass is 10.0. The third-order valence-electron chi connectivity index (χ3n) is 2.09. The molecule has 1 aliphatic rings. The van der Waals surface area contributed by atoms with Gasteiger partial charge in [0, 0.05) is 13.0 Å². The van der Waals surface area contributed by atoms with Crippen LogP contribution in [0.4, 0.5) is 4.79 Å². The highest BCUT2D eigenvalue weighted by Gasteiger charge is 2.34. The van der Waals surface area contributed by atoms with Gasteiger partial charge in [-0.25, -0.2) is 9.46 Å². The van der Waals surface area contributed by atoms with Gasteiger partial charge in [0.1, 0.15) is 6.29 Å². The number of imide groups is 1. The Hall–Kier alpha value is -0.530. The van der Waals surface area contributed by atoms with E-state index >= 15 is 0 Å². The van der Waals surface area contributed by atoms with E-state index in [1.54, 1.807) is 0 Å². The van der Waals surface area contributed by atoms with Crippen molar-refractivity contribution in [2.24, 2.45) is 5.92 Å². The van der Waals surface area contributed by atoms with Gasteiger partial charge in [0.15, 0.2) is 0 Å². The standard InChI is InChI=1S/C7H12N2O3P2/c10-3-1-2-5-4-8(13)7(12)9(14)6(5)11/h3,5H,1-2,4,13-14H2/t5-/m0/s1. The Balaban J connectivity index is 2.65. The molecule has 3 amide bonds. The molecule has 0 radical (unpaired) electrons. The van der Waals surface area contributed by atoms with Gasteiger partial charge in [-0.15, -0.1) is 0 Å². The predicted octanol–water partition coefficient (Wildman–Crippen LogP) is 0.426. The van der Waals surface area contributed by atoms with Gasteiger partial charge in [0.2, 0.25) is 5.91 Å². The molecule has 0 aliphatic carbocycles. The summed E-state index contributed by atoms with van der Waals surface area (Å²) in [6.45, 7) is 0.362. The van der Waals surface area contributed by atoms with Crippen LogP contribution in [-0.2, 0) is 9.59 Å². The summed E-state index contributed by atoms with van der Waals surface area (Å²) in [5.41, 5.74) is 0. The van der Waals surface area contributed by atoms with E-state index in [0.29, 0.717) is 19.4 Å². The van der Waals surface area contributed by atoms with Crippen molar-refractivity contribution in [3.63, 3.8) is 0 Å². The highest BCUT2D eigenvalue weighted by atomic mass is 31.0. The van der Waals surface area contributed by atoms with E-state index in [9.17, 15) is 14.4 Å². The molecular formula is C7H12N2O3P2. The number of carbonyl (C=O) groups is 3. The lowest BCUT2D eigenvalue weighted by molar-refractivity contribution is -0.130. The normalized spacial score (nSPS) is 22.9. The molecule has 0 N–H and O–H groups in total. The van der Waals surface area contributed by atoms with Crippen LogP contribution in [0.1, 0.15) is 12.8 Å². The molecule has 14 heavy (non-hydrogen) atoms. The number of nitrogens with zero attached hydrogens (tertiary/aromatic N) is 2. The van der Waals surface area contributed by atoms with Crippen LogP contribution >= 0.6 is 18.8 Å². The maximum absolute atomic E-state index is 11.5. The predicted molar refractivity (Wildman–Crippen MR) is 57.2 cm³/mol. The first-order chi connectivity index (χ1) is 6.57. The second-order valence-electron chi connectivity index (χ2n) is 3.08. The Morgan fingerprint density at radius 2 is 2.07 bits per heavy atom. The Morgan fingerprint density at radius 3 is 2.64 bits per heavy atom. The van der Waals surface area contributed by atoms with Gasteiger partial charge >= 0.3 is 6.03 Å². The van der Waals surface area contributed by atoms with E-state index in [1.807, 2.05) is 0 Å². The molecule has 1 saturated heterocycles. The van der Waals surface area contributed by atoms with Gasteiger partial charge in [-0.3, -0.25) is 4.79 Å². The van der Waals surface area contributed by atoms with E-state index in [0.717, 1.165) is 11.0 Å². The fourth-order valence-electron chi connectivity index (χ4n) is 1.31. The molecule has 0 aromatic carbocycles. The molecule has 0 aromatic rings. The molecule has 3 atom stereocenters. The van der Waals surface area contributed by atoms with Crippen molar-refractivity contribution in [3.05, 3.63) is 0 Å². The van der Waals surface area contributed by atoms with Gasteiger partial charge in [-0.2, -0.15) is 0 Å². The zero-order valence-electron chi connectivity index (χ0n) is 7.55. The smallest absolute Gasteiger partial charge is 0.308 e. The zero-order chi connectivity index (χ0) is 10.7. The third kappa shape index (κ3) is 2.28. The SMILES string of the molecule is O=CCC[C@H]1CN(P)C(=O)N(P)C1=O. The lowest BCUT2D eigenvalue weighted by Crippen LogP contribution is -2.48. The van der Waals surface area contributed by atoms with Crippen LogP contribution in [0.25, 0.3) is 0 Å². The van der Waals surface area contributed by atoms with Crippen LogP contribution in [0.15, 0.2) is 0 Å². The average Bonchev–Trinajstić information content (AvgIpc) is 2.18. The van der Waals surface area contributed by atoms with Crippen LogP contribution < -0.4 is 0 Å². The number of carbonyl (C=O) groups excluding carboxylic acids is 3. The fraction of sp³-hybridized carbons (Fsp3) is 0.571. The molecule has 7 heteroatoms. The Kier molecular flexibility index (Phi) is 3.97. The van der Waals surface area contributed by atoms with Gasteiger partial charge in [-0.1, -0.05) is 0 Å². The monoisotopic (exact) mass is 234 g/mol. The summed E-state index contributed by atoms with van der Waals surface area (Å²) in [5, 5.41) is 0. The molecule has 1 aliphatic heterocycles. The number of rotatable bonds is 3. The maximum Gasteiger partial charge on any atom is 0.332 e. The average molecular weight is 234 g/mol. The topological polar surface area (TPSA) is 57.7 Å². The first kappa shape index (κ1) is 11.5.